The number of benzene rings is 2. The van der Waals surface area contributed by atoms with Crippen molar-refractivity contribution in [3.8, 4) is 0 Å². The van der Waals surface area contributed by atoms with Crippen molar-refractivity contribution in [2.24, 2.45) is 0 Å². The molecule has 4 atom stereocenters. The van der Waals surface area contributed by atoms with Gasteiger partial charge in [-0.3, -0.25) is 19.3 Å². The van der Waals surface area contributed by atoms with Crippen LogP contribution in [0, 0.1) is 0 Å². The number of hydrogen-bond donors (Lipinski definition) is 0. The molecule has 2 aliphatic heterocycles. The van der Waals surface area contributed by atoms with Gasteiger partial charge in [-0.15, -0.1) is 0 Å². The molecule has 2 aliphatic rings. The van der Waals surface area contributed by atoms with E-state index in [1.165, 1.54) is 21.0 Å². The molecule has 2 aromatic carbocycles. The molecular formula is C28H31NO7. The lowest BCUT2D eigenvalue weighted by Gasteiger charge is -2.31. The Hall–Kier alpha value is -3.49. The molecule has 190 valence electrons. The van der Waals surface area contributed by atoms with Crippen LogP contribution in [0.3, 0.4) is 0 Å². The minimum atomic E-state index is -0.637. The fourth-order valence-corrected chi connectivity index (χ4v) is 4.65. The van der Waals surface area contributed by atoms with Gasteiger partial charge in [0.15, 0.2) is 0 Å². The van der Waals surface area contributed by atoms with E-state index in [2.05, 4.69) is 17.0 Å². The molecule has 2 heterocycles. The number of esters is 3. The van der Waals surface area contributed by atoms with Gasteiger partial charge in [-0.2, -0.15) is 0 Å². The van der Waals surface area contributed by atoms with Crippen molar-refractivity contribution < 1.29 is 33.3 Å². The van der Waals surface area contributed by atoms with E-state index in [1.807, 2.05) is 42.5 Å². The molecule has 0 saturated heterocycles. The third-order valence-corrected chi connectivity index (χ3v) is 6.41. The van der Waals surface area contributed by atoms with E-state index in [0.29, 0.717) is 19.5 Å². The first-order chi connectivity index (χ1) is 17.3. The summed E-state index contributed by atoms with van der Waals surface area (Å²) in [6.45, 7) is 3.89. The Morgan fingerprint density at radius 2 is 1.75 bits per heavy atom. The molecular weight excluding hydrogens is 462 g/mol. The predicted molar refractivity (Wildman–Crippen MR) is 131 cm³/mol. The molecule has 0 unspecified atom stereocenters. The summed E-state index contributed by atoms with van der Waals surface area (Å²) < 4.78 is 21.8. The van der Waals surface area contributed by atoms with Crippen LogP contribution >= 0.6 is 0 Å². The average Bonchev–Trinajstić information content (AvgIpc) is 3.29. The van der Waals surface area contributed by atoms with Crippen LogP contribution < -0.4 is 0 Å². The molecule has 0 N–H and O–H groups in total. The molecule has 0 aromatic heterocycles. The summed E-state index contributed by atoms with van der Waals surface area (Å²) >= 11 is 0. The van der Waals surface area contributed by atoms with Gasteiger partial charge < -0.3 is 18.9 Å². The smallest absolute Gasteiger partial charge is 0.323 e. The fraction of sp³-hybridized carbons (Fsp3) is 0.393. The second kappa shape index (κ2) is 11.5. The topological polar surface area (TPSA) is 91.4 Å². The third-order valence-electron chi connectivity index (χ3n) is 6.41. The minimum absolute atomic E-state index is 0.0207. The molecule has 0 aliphatic carbocycles. The zero-order chi connectivity index (χ0) is 25.7. The van der Waals surface area contributed by atoms with Crippen LogP contribution in [0.1, 0.15) is 42.2 Å². The van der Waals surface area contributed by atoms with Crippen LogP contribution in [-0.4, -0.2) is 54.8 Å². The first-order valence-electron chi connectivity index (χ1n) is 12.0. The van der Waals surface area contributed by atoms with E-state index in [4.69, 9.17) is 18.9 Å². The number of nitrogens with zero attached hydrogens (tertiary/aromatic N) is 1. The van der Waals surface area contributed by atoms with Gasteiger partial charge in [-0.25, -0.2) is 0 Å². The number of rotatable bonds is 8. The van der Waals surface area contributed by atoms with Gasteiger partial charge in [-0.05, 0) is 34.8 Å². The lowest BCUT2D eigenvalue weighted by atomic mass is 9.99. The van der Waals surface area contributed by atoms with Crippen molar-refractivity contribution in [1.82, 2.24) is 4.90 Å². The molecule has 0 spiro atoms. The van der Waals surface area contributed by atoms with E-state index < -0.39 is 36.3 Å². The van der Waals surface area contributed by atoms with Crippen molar-refractivity contribution in [2.45, 2.75) is 57.7 Å². The Labute approximate surface area is 210 Å². The lowest BCUT2D eigenvalue weighted by Crippen LogP contribution is -2.40. The maximum Gasteiger partial charge on any atom is 0.323 e. The van der Waals surface area contributed by atoms with Crippen LogP contribution in [0.4, 0.5) is 0 Å². The summed E-state index contributed by atoms with van der Waals surface area (Å²) in [6.07, 6.45) is 2.54. The third kappa shape index (κ3) is 6.19. The summed E-state index contributed by atoms with van der Waals surface area (Å²) in [6, 6.07) is 15.7. The van der Waals surface area contributed by atoms with E-state index >= 15 is 0 Å². The maximum absolute atomic E-state index is 12.7. The van der Waals surface area contributed by atoms with Crippen LogP contribution in [-0.2, 0) is 52.8 Å². The second-order valence-corrected chi connectivity index (χ2v) is 9.02. The number of ether oxygens (including phenoxy) is 4. The largest absolute Gasteiger partial charge is 0.468 e. The maximum atomic E-state index is 12.7. The van der Waals surface area contributed by atoms with Crippen LogP contribution in [0.2, 0.25) is 0 Å². The Balaban J connectivity index is 1.50. The first kappa shape index (κ1) is 25.6. The van der Waals surface area contributed by atoms with E-state index in [-0.39, 0.29) is 12.6 Å². The van der Waals surface area contributed by atoms with Crippen LogP contribution in [0.15, 0.2) is 60.7 Å². The molecule has 2 aromatic rings. The molecule has 4 rings (SSSR count). The molecule has 8 heteroatoms. The Morgan fingerprint density at radius 3 is 2.44 bits per heavy atom. The van der Waals surface area contributed by atoms with Crippen molar-refractivity contribution in [1.29, 1.82) is 0 Å². The molecule has 0 amide bonds. The normalized spacial score (nSPS) is 21.9. The van der Waals surface area contributed by atoms with E-state index in [9.17, 15) is 14.4 Å². The van der Waals surface area contributed by atoms with Gasteiger partial charge in [0.25, 0.3) is 0 Å². The van der Waals surface area contributed by atoms with Gasteiger partial charge in [0.2, 0.25) is 0 Å². The molecule has 0 saturated carbocycles. The van der Waals surface area contributed by atoms with Crippen LogP contribution in [0.25, 0.3) is 0 Å². The molecule has 0 bridgehead atoms. The number of hydrogen-bond acceptors (Lipinski definition) is 8. The highest BCUT2D eigenvalue weighted by Gasteiger charge is 2.34. The van der Waals surface area contributed by atoms with Crippen molar-refractivity contribution in [2.75, 3.05) is 13.7 Å². The number of fused-ring (bicyclic) bond motifs is 1. The fourth-order valence-electron chi connectivity index (χ4n) is 4.65. The van der Waals surface area contributed by atoms with Crippen molar-refractivity contribution in [3.63, 3.8) is 0 Å². The highest BCUT2D eigenvalue weighted by atomic mass is 16.6. The van der Waals surface area contributed by atoms with Gasteiger partial charge in [0.05, 0.1) is 7.11 Å². The molecule has 0 radical (unpaired) electrons. The Morgan fingerprint density at radius 1 is 1.00 bits per heavy atom. The summed E-state index contributed by atoms with van der Waals surface area (Å²) in [5.74, 6) is -1.12. The first-order valence-corrected chi connectivity index (χ1v) is 12.0. The highest BCUT2D eigenvalue weighted by molar-refractivity contribution is 5.76. The number of carbonyl (C=O) groups excluding carboxylic acids is 3. The number of carbonyl (C=O) groups is 3. The van der Waals surface area contributed by atoms with Crippen molar-refractivity contribution in [3.05, 3.63) is 82.9 Å². The van der Waals surface area contributed by atoms with E-state index in [0.717, 1.165) is 22.3 Å². The predicted octanol–water partition coefficient (Wildman–Crippen LogP) is 3.28. The monoisotopic (exact) mass is 493 g/mol. The minimum Gasteiger partial charge on any atom is -0.468 e. The number of methoxy groups -OCH3 is 1. The molecule has 36 heavy (non-hydrogen) atoms. The average molecular weight is 494 g/mol. The van der Waals surface area contributed by atoms with Gasteiger partial charge in [0.1, 0.15) is 31.0 Å². The Kier molecular flexibility index (Phi) is 8.18. The van der Waals surface area contributed by atoms with Gasteiger partial charge in [-0.1, -0.05) is 54.6 Å². The van der Waals surface area contributed by atoms with E-state index in [1.54, 1.807) is 6.08 Å². The summed E-state index contributed by atoms with van der Waals surface area (Å²) in [5, 5.41) is 0. The SMILES string of the molecule is COC(=O)[C@@H](Cc1ccccc1)N1Cc2ccc([C@@H]3C=C[C@H](OC(C)=O)[C@@H](COC(C)=O)O3)cc2C1. The lowest BCUT2D eigenvalue weighted by molar-refractivity contribution is -0.163. The molecule has 0 fully saturated rings. The van der Waals surface area contributed by atoms with Gasteiger partial charge >= 0.3 is 17.9 Å². The van der Waals surface area contributed by atoms with Gasteiger partial charge in [0, 0.05) is 26.9 Å². The highest BCUT2D eigenvalue weighted by Crippen LogP contribution is 2.33. The second-order valence-electron chi connectivity index (χ2n) is 9.02. The van der Waals surface area contributed by atoms with Crippen molar-refractivity contribution >= 4 is 17.9 Å². The molecule has 8 nitrogen and oxygen atoms in total. The quantitative estimate of drug-likeness (QED) is 0.314. The summed E-state index contributed by atoms with van der Waals surface area (Å²) in [5.41, 5.74) is 4.27. The zero-order valence-corrected chi connectivity index (χ0v) is 20.7. The van der Waals surface area contributed by atoms with Crippen LogP contribution in [0.5, 0.6) is 0 Å². The zero-order valence-electron chi connectivity index (χ0n) is 20.7. The summed E-state index contributed by atoms with van der Waals surface area (Å²) in [4.78, 5) is 37.6. The Bertz CT molecular complexity index is 1130. The standard InChI is InChI=1S/C28H31NO7/c1-18(30)34-17-27-26(35-19(2)31)12-11-25(36-27)21-9-10-22-15-29(16-23(22)14-21)24(28(32)33-3)13-20-7-5-4-6-8-20/h4-12,14,24-27H,13,15-17H2,1-3H3/t24-,25+,26+,27-/m1/s1. The summed E-state index contributed by atoms with van der Waals surface area (Å²) in [7, 11) is 1.42.